The van der Waals surface area contributed by atoms with Gasteiger partial charge in [-0.05, 0) is 37.6 Å². The molecule has 1 aliphatic heterocycles. The Morgan fingerprint density at radius 3 is 2.58 bits per heavy atom. The van der Waals surface area contributed by atoms with Gasteiger partial charge in [0.2, 0.25) is 5.91 Å². The average Bonchev–Trinajstić information content (AvgIpc) is 2.77. The zero-order valence-corrected chi connectivity index (χ0v) is 13.0. The Hall–Kier alpha value is -3.29. The molecule has 2 aromatic rings. The Kier molecular flexibility index (Phi) is 3.52. The lowest BCUT2D eigenvalue weighted by atomic mass is 9.86. The first-order valence-electron chi connectivity index (χ1n) is 7.16. The number of nitro groups is 1. The summed E-state index contributed by atoms with van der Waals surface area (Å²) in [5.74, 6) is -0.736. The molecule has 122 valence electrons. The molecule has 0 aliphatic carbocycles. The number of anilines is 2. The summed E-state index contributed by atoms with van der Waals surface area (Å²) in [5, 5.41) is 16.5. The van der Waals surface area contributed by atoms with Gasteiger partial charge in [0.1, 0.15) is 5.69 Å². The smallest absolute Gasteiger partial charge is 0.294 e. The summed E-state index contributed by atoms with van der Waals surface area (Å²) in [7, 11) is 0. The molecule has 0 atom stereocenters. The molecule has 0 radical (unpaired) electrons. The first-order chi connectivity index (χ1) is 11.3. The van der Waals surface area contributed by atoms with E-state index in [1.54, 1.807) is 13.8 Å². The predicted molar refractivity (Wildman–Crippen MR) is 86.9 cm³/mol. The van der Waals surface area contributed by atoms with E-state index < -0.39 is 16.2 Å². The van der Waals surface area contributed by atoms with Crippen LogP contribution in [0.25, 0.3) is 0 Å². The molecule has 1 aliphatic rings. The second kappa shape index (κ2) is 5.41. The van der Waals surface area contributed by atoms with E-state index in [1.807, 2.05) is 0 Å². The number of hydrogen-bond acceptors (Lipinski definition) is 5. The number of hydrogen-bond donors (Lipinski definition) is 2. The van der Waals surface area contributed by atoms with Crippen LogP contribution in [0.15, 0.2) is 36.7 Å². The first-order valence-corrected chi connectivity index (χ1v) is 7.16. The van der Waals surface area contributed by atoms with Gasteiger partial charge in [-0.25, -0.2) is 0 Å². The van der Waals surface area contributed by atoms with E-state index in [2.05, 4.69) is 15.6 Å². The number of aromatic nitrogens is 1. The summed E-state index contributed by atoms with van der Waals surface area (Å²) in [6.07, 6.45) is 2.91. The van der Waals surface area contributed by atoms with Crippen LogP contribution in [-0.2, 0) is 10.2 Å². The van der Waals surface area contributed by atoms with Crippen molar-refractivity contribution in [3.63, 3.8) is 0 Å². The van der Waals surface area contributed by atoms with Crippen LogP contribution >= 0.6 is 0 Å². The van der Waals surface area contributed by atoms with Crippen molar-refractivity contribution >= 4 is 28.9 Å². The predicted octanol–water partition coefficient (Wildman–Crippen LogP) is 2.47. The molecule has 0 spiro atoms. The van der Waals surface area contributed by atoms with Gasteiger partial charge in [-0.3, -0.25) is 24.7 Å². The highest BCUT2D eigenvalue weighted by Gasteiger charge is 2.40. The summed E-state index contributed by atoms with van der Waals surface area (Å²) in [5.41, 5.74) is 0.245. The third-order valence-corrected chi connectivity index (χ3v) is 4.01. The van der Waals surface area contributed by atoms with Crippen LogP contribution in [0.4, 0.5) is 17.1 Å². The number of pyridine rings is 1. The fourth-order valence-electron chi connectivity index (χ4n) is 2.56. The molecule has 0 saturated heterocycles. The maximum absolute atomic E-state index is 12.3. The van der Waals surface area contributed by atoms with Crippen LogP contribution in [-0.4, -0.2) is 21.7 Å². The number of rotatable bonds is 3. The summed E-state index contributed by atoms with van der Waals surface area (Å²) >= 11 is 0. The SMILES string of the molecule is CC1(C)C(=O)Nc2cc([N+](=O)[O-])c(NC(=O)c3ccncc3)cc21. The molecule has 8 nitrogen and oxygen atoms in total. The van der Waals surface area contributed by atoms with Gasteiger partial charge in [0, 0.05) is 24.0 Å². The van der Waals surface area contributed by atoms with Gasteiger partial charge in [-0.2, -0.15) is 0 Å². The second-order valence-corrected chi connectivity index (χ2v) is 5.94. The summed E-state index contributed by atoms with van der Waals surface area (Å²) < 4.78 is 0. The first kappa shape index (κ1) is 15.6. The molecule has 0 saturated carbocycles. The highest BCUT2D eigenvalue weighted by Crippen LogP contribution is 2.42. The van der Waals surface area contributed by atoms with Gasteiger partial charge in [0.05, 0.1) is 16.0 Å². The molecule has 3 rings (SSSR count). The minimum atomic E-state index is -0.833. The zero-order chi connectivity index (χ0) is 17.5. The van der Waals surface area contributed by atoms with Gasteiger partial charge in [-0.15, -0.1) is 0 Å². The number of benzene rings is 1. The minimum absolute atomic E-state index is 0.0464. The summed E-state index contributed by atoms with van der Waals surface area (Å²) in [6.45, 7) is 3.43. The van der Waals surface area contributed by atoms with Crippen molar-refractivity contribution < 1.29 is 14.5 Å². The summed E-state index contributed by atoms with van der Waals surface area (Å²) in [6, 6.07) is 5.75. The quantitative estimate of drug-likeness (QED) is 0.664. The lowest BCUT2D eigenvalue weighted by Gasteiger charge is -2.16. The lowest BCUT2D eigenvalue weighted by molar-refractivity contribution is -0.383. The third kappa shape index (κ3) is 2.47. The van der Waals surface area contributed by atoms with Gasteiger partial charge in [0.25, 0.3) is 11.6 Å². The monoisotopic (exact) mass is 326 g/mol. The zero-order valence-electron chi connectivity index (χ0n) is 13.0. The Morgan fingerprint density at radius 1 is 1.29 bits per heavy atom. The highest BCUT2D eigenvalue weighted by molar-refractivity contribution is 6.09. The van der Waals surface area contributed by atoms with Crippen molar-refractivity contribution in [1.29, 1.82) is 0 Å². The lowest BCUT2D eigenvalue weighted by Crippen LogP contribution is -2.27. The van der Waals surface area contributed by atoms with E-state index in [0.717, 1.165) is 0 Å². The van der Waals surface area contributed by atoms with Gasteiger partial charge in [-0.1, -0.05) is 0 Å². The molecule has 2 N–H and O–H groups in total. The number of amides is 2. The normalized spacial score (nSPS) is 14.7. The number of nitrogens with one attached hydrogen (secondary N) is 2. The Bertz CT molecular complexity index is 862. The molecule has 1 aromatic heterocycles. The Balaban J connectivity index is 2.04. The molecule has 1 aromatic carbocycles. The maximum atomic E-state index is 12.3. The number of nitro benzene ring substituents is 1. The van der Waals surface area contributed by atoms with E-state index >= 15 is 0 Å². The minimum Gasteiger partial charge on any atom is -0.325 e. The Labute approximate surface area is 137 Å². The van der Waals surface area contributed by atoms with Crippen LogP contribution < -0.4 is 10.6 Å². The average molecular weight is 326 g/mol. The van der Waals surface area contributed by atoms with Gasteiger partial charge < -0.3 is 10.6 Å². The van der Waals surface area contributed by atoms with Crippen LogP contribution in [0.2, 0.25) is 0 Å². The molecular weight excluding hydrogens is 312 g/mol. The van der Waals surface area contributed by atoms with E-state index in [9.17, 15) is 19.7 Å². The van der Waals surface area contributed by atoms with Crippen molar-refractivity contribution in [2.45, 2.75) is 19.3 Å². The van der Waals surface area contributed by atoms with Crippen LogP contribution in [0.5, 0.6) is 0 Å². The van der Waals surface area contributed by atoms with Crippen LogP contribution in [0, 0.1) is 10.1 Å². The number of nitrogens with zero attached hydrogens (tertiary/aromatic N) is 2. The van der Waals surface area contributed by atoms with E-state index in [4.69, 9.17) is 0 Å². The van der Waals surface area contributed by atoms with Crippen molar-refractivity contribution in [2.75, 3.05) is 10.6 Å². The van der Waals surface area contributed by atoms with E-state index in [1.165, 1.54) is 36.7 Å². The molecule has 2 heterocycles. The fourth-order valence-corrected chi connectivity index (χ4v) is 2.56. The Morgan fingerprint density at radius 2 is 1.96 bits per heavy atom. The number of carbonyl (C=O) groups is 2. The van der Waals surface area contributed by atoms with Crippen molar-refractivity contribution in [3.05, 3.63) is 57.9 Å². The topological polar surface area (TPSA) is 114 Å². The van der Waals surface area contributed by atoms with E-state index in [0.29, 0.717) is 16.8 Å². The standard InChI is InChI=1S/C16H14N4O4/c1-16(2)10-7-12(18-14(21)9-3-5-17-6-4-9)13(20(23)24)8-11(10)19-15(16)22/h3-8H,1-2H3,(H,18,21)(H,19,22). The molecular formula is C16H14N4O4. The molecule has 0 fully saturated rings. The fraction of sp³-hybridized carbons (Fsp3) is 0.188. The molecule has 8 heteroatoms. The van der Waals surface area contributed by atoms with Gasteiger partial charge in [0.15, 0.2) is 0 Å². The van der Waals surface area contributed by atoms with Crippen molar-refractivity contribution in [1.82, 2.24) is 4.98 Å². The van der Waals surface area contributed by atoms with Gasteiger partial charge >= 0.3 is 0 Å². The molecule has 24 heavy (non-hydrogen) atoms. The van der Waals surface area contributed by atoms with Crippen molar-refractivity contribution in [2.24, 2.45) is 0 Å². The largest absolute Gasteiger partial charge is 0.325 e. The number of carbonyl (C=O) groups excluding carboxylic acids is 2. The maximum Gasteiger partial charge on any atom is 0.294 e. The van der Waals surface area contributed by atoms with Crippen molar-refractivity contribution in [3.8, 4) is 0 Å². The molecule has 2 amide bonds. The number of fused-ring (bicyclic) bond motifs is 1. The molecule has 0 unspecified atom stereocenters. The van der Waals surface area contributed by atoms with E-state index in [-0.39, 0.29) is 17.3 Å². The summed E-state index contributed by atoms with van der Waals surface area (Å²) in [4.78, 5) is 38.8. The molecule has 0 bridgehead atoms. The van der Waals surface area contributed by atoms with Crippen LogP contribution in [0.3, 0.4) is 0 Å². The van der Waals surface area contributed by atoms with Crippen LogP contribution in [0.1, 0.15) is 29.8 Å². The second-order valence-electron chi connectivity index (χ2n) is 5.94. The third-order valence-electron chi connectivity index (χ3n) is 4.01. The highest BCUT2D eigenvalue weighted by atomic mass is 16.6.